The van der Waals surface area contributed by atoms with Crippen LogP contribution in [0.25, 0.3) is 5.57 Å². The number of methoxy groups -OCH3 is 1. The minimum absolute atomic E-state index is 0.409. The Bertz CT molecular complexity index is 438. The van der Waals surface area contributed by atoms with Crippen LogP contribution in [0, 0.1) is 5.82 Å². The molecule has 0 spiro atoms. The van der Waals surface area contributed by atoms with Gasteiger partial charge in [0.15, 0.2) is 0 Å². The number of aliphatic carboxylic acids is 1. The van der Waals surface area contributed by atoms with Crippen molar-refractivity contribution >= 4 is 11.5 Å². The van der Waals surface area contributed by atoms with Gasteiger partial charge in [0.2, 0.25) is 0 Å². The number of halogens is 1. The molecule has 0 saturated carbocycles. The Morgan fingerprint density at radius 2 is 2.24 bits per heavy atom. The number of ether oxygens (including phenoxy) is 1. The number of benzene rings is 1. The number of carboxylic acids is 1. The molecule has 0 heterocycles. The molecule has 0 bridgehead atoms. The molecule has 0 aliphatic heterocycles. The summed E-state index contributed by atoms with van der Waals surface area (Å²) in [7, 11) is 1.47. The van der Waals surface area contributed by atoms with Crippen molar-refractivity contribution in [1.29, 1.82) is 0 Å². The molecule has 0 amide bonds. The lowest BCUT2D eigenvalue weighted by atomic mass is 10.00. The molecule has 3 nitrogen and oxygen atoms in total. The molecule has 1 aromatic carbocycles. The number of rotatable bonds is 5. The van der Waals surface area contributed by atoms with Crippen molar-refractivity contribution in [3.8, 4) is 5.75 Å². The SMILES string of the molecule is CCC/C(=C\C(=O)O)c1cc(F)ccc1OC. The highest BCUT2D eigenvalue weighted by Gasteiger charge is 2.10. The Morgan fingerprint density at radius 1 is 1.53 bits per heavy atom. The van der Waals surface area contributed by atoms with E-state index >= 15 is 0 Å². The molecule has 17 heavy (non-hydrogen) atoms. The number of carbonyl (C=O) groups is 1. The van der Waals surface area contributed by atoms with Gasteiger partial charge in [-0.25, -0.2) is 9.18 Å². The molecule has 0 aliphatic carbocycles. The number of carboxylic acid groups (broad SMARTS) is 1. The highest BCUT2D eigenvalue weighted by atomic mass is 19.1. The second-order valence-corrected chi connectivity index (χ2v) is 3.60. The lowest BCUT2D eigenvalue weighted by Gasteiger charge is -2.11. The van der Waals surface area contributed by atoms with Gasteiger partial charge < -0.3 is 9.84 Å². The molecule has 0 saturated heterocycles. The summed E-state index contributed by atoms with van der Waals surface area (Å²) in [5, 5.41) is 8.79. The Balaban J connectivity index is 3.25. The molecule has 0 radical (unpaired) electrons. The predicted octanol–water partition coefficient (Wildman–Crippen LogP) is 3.10. The molecule has 0 fully saturated rings. The van der Waals surface area contributed by atoms with E-state index in [0.717, 1.165) is 12.5 Å². The number of hydrogen-bond acceptors (Lipinski definition) is 2. The lowest BCUT2D eigenvalue weighted by Crippen LogP contribution is -1.97. The maximum absolute atomic E-state index is 13.2. The maximum atomic E-state index is 13.2. The summed E-state index contributed by atoms with van der Waals surface area (Å²) in [4.78, 5) is 10.7. The summed E-state index contributed by atoms with van der Waals surface area (Å²) in [6.07, 6.45) is 2.44. The lowest BCUT2D eigenvalue weighted by molar-refractivity contribution is -0.131. The van der Waals surface area contributed by atoms with Gasteiger partial charge in [-0.3, -0.25) is 0 Å². The average molecular weight is 238 g/mol. The van der Waals surface area contributed by atoms with Crippen LogP contribution >= 0.6 is 0 Å². The van der Waals surface area contributed by atoms with E-state index in [2.05, 4.69) is 0 Å². The zero-order valence-corrected chi connectivity index (χ0v) is 9.87. The third-order valence-corrected chi connectivity index (χ3v) is 2.32. The molecular weight excluding hydrogens is 223 g/mol. The zero-order chi connectivity index (χ0) is 12.8. The van der Waals surface area contributed by atoms with Crippen LogP contribution in [0.4, 0.5) is 4.39 Å². The summed E-state index contributed by atoms with van der Waals surface area (Å²) in [5.74, 6) is -0.972. The number of allylic oxidation sites excluding steroid dienone is 1. The Labute approximate surface area is 99.5 Å². The molecule has 4 heteroatoms. The van der Waals surface area contributed by atoms with Crippen LogP contribution in [0.5, 0.6) is 5.75 Å². The first-order valence-electron chi connectivity index (χ1n) is 5.36. The van der Waals surface area contributed by atoms with Crippen molar-refractivity contribution in [2.24, 2.45) is 0 Å². The average Bonchev–Trinajstić information content (AvgIpc) is 2.28. The summed E-state index contributed by atoms with van der Waals surface area (Å²) in [5.41, 5.74) is 1.06. The van der Waals surface area contributed by atoms with Gasteiger partial charge in [-0.2, -0.15) is 0 Å². The molecular formula is C13H15FO3. The molecule has 1 rings (SSSR count). The molecule has 1 N–H and O–H groups in total. The first-order chi connectivity index (χ1) is 8.08. The van der Waals surface area contributed by atoms with Crippen molar-refractivity contribution in [2.75, 3.05) is 7.11 Å². The zero-order valence-electron chi connectivity index (χ0n) is 9.87. The third-order valence-electron chi connectivity index (χ3n) is 2.32. The van der Waals surface area contributed by atoms with E-state index in [0.29, 0.717) is 23.3 Å². The first kappa shape index (κ1) is 13.2. The van der Waals surface area contributed by atoms with Crippen LogP contribution in [0.2, 0.25) is 0 Å². The molecule has 0 atom stereocenters. The smallest absolute Gasteiger partial charge is 0.328 e. The van der Waals surface area contributed by atoms with Crippen LogP contribution in [0.1, 0.15) is 25.3 Å². The fraction of sp³-hybridized carbons (Fsp3) is 0.308. The molecule has 0 aliphatic rings. The van der Waals surface area contributed by atoms with Gasteiger partial charge in [-0.05, 0) is 30.2 Å². The largest absolute Gasteiger partial charge is 0.496 e. The fourth-order valence-electron chi connectivity index (χ4n) is 1.63. The van der Waals surface area contributed by atoms with Gasteiger partial charge in [-0.1, -0.05) is 13.3 Å². The summed E-state index contributed by atoms with van der Waals surface area (Å²) in [6, 6.07) is 4.08. The minimum Gasteiger partial charge on any atom is -0.496 e. The van der Waals surface area contributed by atoms with E-state index < -0.39 is 11.8 Å². The topological polar surface area (TPSA) is 46.5 Å². The number of hydrogen-bond donors (Lipinski definition) is 1. The predicted molar refractivity (Wildman–Crippen MR) is 63.5 cm³/mol. The van der Waals surface area contributed by atoms with E-state index in [1.165, 1.54) is 25.3 Å². The van der Waals surface area contributed by atoms with Gasteiger partial charge in [0.25, 0.3) is 0 Å². The van der Waals surface area contributed by atoms with E-state index in [9.17, 15) is 9.18 Å². The first-order valence-corrected chi connectivity index (χ1v) is 5.36. The van der Waals surface area contributed by atoms with Gasteiger partial charge in [0.05, 0.1) is 7.11 Å². The fourth-order valence-corrected chi connectivity index (χ4v) is 1.63. The van der Waals surface area contributed by atoms with E-state index in [1.54, 1.807) is 0 Å². The monoisotopic (exact) mass is 238 g/mol. The van der Waals surface area contributed by atoms with Crippen molar-refractivity contribution in [1.82, 2.24) is 0 Å². The maximum Gasteiger partial charge on any atom is 0.328 e. The van der Waals surface area contributed by atoms with Gasteiger partial charge in [0.1, 0.15) is 11.6 Å². The van der Waals surface area contributed by atoms with Crippen LogP contribution in [-0.2, 0) is 4.79 Å². The third kappa shape index (κ3) is 3.59. The second kappa shape index (κ2) is 6.03. The van der Waals surface area contributed by atoms with Crippen LogP contribution in [0.15, 0.2) is 24.3 Å². The molecule has 92 valence electrons. The second-order valence-electron chi connectivity index (χ2n) is 3.60. The highest BCUT2D eigenvalue weighted by Crippen LogP contribution is 2.29. The Morgan fingerprint density at radius 3 is 2.76 bits per heavy atom. The minimum atomic E-state index is -1.04. The highest BCUT2D eigenvalue weighted by molar-refractivity contribution is 5.91. The normalized spacial score (nSPS) is 11.4. The Kier molecular flexibility index (Phi) is 4.69. The van der Waals surface area contributed by atoms with Crippen molar-refractivity contribution in [3.63, 3.8) is 0 Å². The van der Waals surface area contributed by atoms with Crippen LogP contribution in [-0.4, -0.2) is 18.2 Å². The standard InChI is InChI=1S/C13H15FO3/c1-3-4-9(7-13(15)16)11-8-10(14)5-6-12(11)17-2/h5-8H,3-4H2,1-2H3,(H,15,16)/b9-7+. The van der Waals surface area contributed by atoms with Gasteiger partial charge in [-0.15, -0.1) is 0 Å². The summed E-state index contributed by atoms with van der Waals surface area (Å²) in [6.45, 7) is 1.93. The van der Waals surface area contributed by atoms with Gasteiger partial charge >= 0.3 is 5.97 Å². The van der Waals surface area contributed by atoms with Crippen LogP contribution in [0.3, 0.4) is 0 Å². The van der Waals surface area contributed by atoms with E-state index in [4.69, 9.17) is 9.84 Å². The molecule has 0 aromatic heterocycles. The van der Waals surface area contributed by atoms with Crippen molar-refractivity contribution in [2.45, 2.75) is 19.8 Å². The molecule has 0 unspecified atom stereocenters. The summed E-state index contributed by atoms with van der Waals surface area (Å²) >= 11 is 0. The Hall–Kier alpha value is -1.84. The van der Waals surface area contributed by atoms with Crippen molar-refractivity contribution < 1.29 is 19.0 Å². The van der Waals surface area contributed by atoms with Crippen molar-refractivity contribution in [3.05, 3.63) is 35.7 Å². The summed E-state index contributed by atoms with van der Waals surface area (Å²) < 4.78 is 18.3. The quantitative estimate of drug-likeness (QED) is 0.802. The van der Waals surface area contributed by atoms with E-state index in [1.807, 2.05) is 6.92 Å². The van der Waals surface area contributed by atoms with Gasteiger partial charge in [0, 0.05) is 11.6 Å². The molecule has 1 aromatic rings. The van der Waals surface area contributed by atoms with Crippen LogP contribution < -0.4 is 4.74 Å². The van der Waals surface area contributed by atoms with E-state index in [-0.39, 0.29) is 0 Å².